The van der Waals surface area contributed by atoms with E-state index in [4.69, 9.17) is 4.74 Å². The van der Waals surface area contributed by atoms with E-state index >= 15 is 0 Å². The van der Waals surface area contributed by atoms with Gasteiger partial charge in [-0.15, -0.1) is 0 Å². The third-order valence-electron chi connectivity index (χ3n) is 5.20. The summed E-state index contributed by atoms with van der Waals surface area (Å²) in [6, 6.07) is 14.4. The molecule has 142 valence electrons. The van der Waals surface area contributed by atoms with Crippen LogP contribution in [0.3, 0.4) is 0 Å². The third-order valence-corrected chi connectivity index (χ3v) is 5.20. The molecule has 2 heterocycles. The van der Waals surface area contributed by atoms with Crippen molar-refractivity contribution in [2.45, 2.75) is 51.9 Å². The van der Waals surface area contributed by atoms with E-state index in [9.17, 15) is 4.79 Å². The zero-order valence-electron chi connectivity index (χ0n) is 16.4. The number of ether oxygens (including phenoxy) is 1. The van der Waals surface area contributed by atoms with Crippen LogP contribution in [0.5, 0.6) is 5.75 Å². The summed E-state index contributed by atoms with van der Waals surface area (Å²) in [5, 5.41) is 0. The minimum Gasteiger partial charge on any atom is -0.496 e. The third kappa shape index (κ3) is 4.41. The van der Waals surface area contributed by atoms with Gasteiger partial charge in [0.1, 0.15) is 5.75 Å². The Kier molecular flexibility index (Phi) is 6.69. The molecule has 0 unspecified atom stereocenters. The molecule has 0 saturated carbocycles. The Morgan fingerprint density at radius 3 is 2.56 bits per heavy atom. The summed E-state index contributed by atoms with van der Waals surface area (Å²) in [4.78, 5) is 11.8. The van der Waals surface area contributed by atoms with Crippen molar-refractivity contribution in [3.05, 3.63) is 59.9 Å². The SMILES string of the molecule is CCCCCCCCc1ccc(OC)c(-c2cc3ccccn3c2C=O)c1. The molecule has 27 heavy (non-hydrogen) atoms. The van der Waals surface area contributed by atoms with Crippen LogP contribution < -0.4 is 4.74 Å². The summed E-state index contributed by atoms with van der Waals surface area (Å²) in [6.45, 7) is 2.25. The number of nitrogens with zero attached hydrogens (tertiary/aromatic N) is 1. The van der Waals surface area contributed by atoms with Gasteiger partial charge >= 0.3 is 0 Å². The number of methoxy groups -OCH3 is 1. The lowest BCUT2D eigenvalue weighted by molar-refractivity contribution is 0.111. The topological polar surface area (TPSA) is 30.7 Å². The predicted octanol–water partition coefficient (Wildman–Crippen LogP) is 6.33. The molecule has 0 radical (unpaired) electrons. The first-order chi connectivity index (χ1) is 13.3. The Balaban J connectivity index is 1.85. The smallest absolute Gasteiger partial charge is 0.167 e. The molecule has 3 nitrogen and oxygen atoms in total. The summed E-state index contributed by atoms with van der Waals surface area (Å²) in [5.74, 6) is 0.806. The number of aldehydes is 1. The summed E-state index contributed by atoms with van der Waals surface area (Å²) >= 11 is 0. The first kappa shape index (κ1) is 19.2. The number of unbranched alkanes of at least 4 members (excludes halogenated alkanes) is 5. The standard InChI is InChI=1S/C24H29NO2/c1-3-4-5-6-7-8-11-19-13-14-24(27-2)22(16-19)21-17-20-12-9-10-15-25(20)23(21)18-26/h9-10,12-18H,3-8,11H2,1-2H3. The number of benzene rings is 1. The Bertz CT molecular complexity index is 895. The molecule has 1 aromatic carbocycles. The van der Waals surface area contributed by atoms with Gasteiger partial charge in [0.2, 0.25) is 0 Å². The van der Waals surface area contributed by atoms with Crippen LogP contribution in [0.2, 0.25) is 0 Å². The second-order valence-electron chi connectivity index (χ2n) is 7.11. The van der Waals surface area contributed by atoms with Gasteiger partial charge in [-0.05, 0) is 48.7 Å². The highest BCUT2D eigenvalue weighted by Gasteiger charge is 2.15. The molecular formula is C24H29NO2. The van der Waals surface area contributed by atoms with Crippen molar-refractivity contribution in [3.8, 4) is 16.9 Å². The molecule has 3 heteroatoms. The largest absolute Gasteiger partial charge is 0.496 e. The van der Waals surface area contributed by atoms with Crippen LogP contribution in [0.25, 0.3) is 16.6 Å². The van der Waals surface area contributed by atoms with Crippen molar-refractivity contribution in [3.63, 3.8) is 0 Å². The highest BCUT2D eigenvalue weighted by Crippen LogP contribution is 2.35. The van der Waals surface area contributed by atoms with Crippen molar-refractivity contribution in [1.82, 2.24) is 4.40 Å². The van der Waals surface area contributed by atoms with E-state index in [0.717, 1.165) is 35.1 Å². The lowest BCUT2D eigenvalue weighted by Gasteiger charge is -2.11. The molecule has 2 aromatic heterocycles. The fraction of sp³-hybridized carbons (Fsp3) is 0.375. The Morgan fingerprint density at radius 2 is 1.78 bits per heavy atom. The number of rotatable bonds is 10. The van der Waals surface area contributed by atoms with Crippen LogP contribution >= 0.6 is 0 Å². The minimum absolute atomic E-state index is 0.667. The predicted molar refractivity (Wildman–Crippen MR) is 112 cm³/mol. The van der Waals surface area contributed by atoms with Crippen molar-refractivity contribution in [1.29, 1.82) is 0 Å². The fourth-order valence-corrected chi connectivity index (χ4v) is 3.71. The molecule has 0 aliphatic carbocycles. The van der Waals surface area contributed by atoms with Crippen molar-refractivity contribution < 1.29 is 9.53 Å². The average molecular weight is 364 g/mol. The molecule has 0 aliphatic heterocycles. The number of carbonyl (C=O) groups is 1. The quantitative estimate of drug-likeness (QED) is 0.311. The molecule has 0 fully saturated rings. The first-order valence-corrected chi connectivity index (χ1v) is 10.0. The average Bonchev–Trinajstić information content (AvgIpc) is 3.09. The number of hydrogen-bond acceptors (Lipinski definition) is 2. The van der Waals surface area contributed by atoms with E-state index in [0.29, 0.717) is 5.69 Å². The zero-order chi connectivity index (χ0) is 19.1. The van der Waals surface area contributed by atoms with Crippen LogP contribution in [0, 0.1) is 0 Å². The van der Waals surface area contributed by atoms with E-state index in [1.165, 1.54) is 44.1 Å². The van der Waals surface area contributed by atoms with Crippen molar-refractivity contribution in [2.75, 3.05) is 7.11 Å². The number of aromatic nitrogens is 1. The molecule has 0 N–H and O–H groups in total. The van der Waals surface area contributed by atoms with E-state index in [2.05, 4.69) is 25.1 Å². The Labute approximate surface area is 162 Å². The van der Waals surface area contributed by atoms with Gasteiger partial charge in [0.25, 0.3) is 0 Å². The van der Waals surface area contributed by atoms with E-state index in [1.54, 1.807) is 7.11 Å². The van der Waals surface area contributed by atoms with Gasteiger partial charge in [-0.2, -0.15) is 0 Å². The highest BCUT2D eigenvalue weighted by atomic mass is 16.5. The second kappa shape index (κ2) is 9.40. The van der Waals surface area contributed by atoms with Gasteiger partial charge in [0.05, 0.1) is 12.8 Å². The van der Waals surface area contributed by atoms with Crippen LogP contribution in [0.15, 0.2) is 48.7 Å². The number of carbonyl (C=O) groups excluding carboxylic acids is 1. The Morgan fingerprint density at radius 1 is 0.963 bits per heavy atom. The van der Waals surface area contributed by atoms with E-state index in [-0.39, 0.29) is 0 Å². The maximum absolute atomic E-state index is 11.8. The van der Waals surface area contributed by atoms with Gasteiger partial charge < -0.3 is 9.14 Å². The summed E-state index contributed by atoms with van der Waals surface area (Å²) in [7, 11) is 1.68. The first-order valence-electron chi connectivity index (χ1n) is 10.0. The maximum atomic E-state index is 11.8. The maximum Gasteiger partial charge on any atom is 0.167 e. The molecule has 0 atom stereocenters. The van der Waals surface area contributed by atoms with Crippen LogP contribution in [0.4, 0.5) is 0 Å². The van der Waals surface area contributed by atoms with Crippen molar-refractivity contribution >= 4 is 11.8 Å². The summed E-state index contributed by atoms with van der Waals surface area (Å²) < 4.78 is 7.53. The normalized spacial score (nSPS) is 11.0. The van der Waals surface area contributed by atoms with Crippen LogP contribution in [-0.2, 0) is 6.42 Å². The number of hydrogen-bond donors (Lipinski definition) is 0. The second-order valence-corrected chi connectivity index (χ2v) is 7.11. The van der Waals surface area contributed by atoms with E-state index < -0.39 is 0 Å². The van der Waals surface area contributed by atoms with Gasteiger partial charge in [-0.3, -0.25) is 4.79 Å². The monoisotopic (exact) mass is 363 g/mol. The molecule has 3 aromatic rings. The van der Waals surface area contributed by atoms with Gasteiger partial charge in [0.15, 0.2) is 6.29 Å². The molecule has 0 amide bonds. The summed E-state index contributed by atoms with van der Waals surface area (Å²) in [5.41, 5.74) is 4.90. The highest BCUT2D eigenvalue weighted by molar-refractivity contribution is 5.91. The Hall–Kier alpha value is -2.55. The lowest BCUT2D eigenvalue weighted by Crippen LogP contribution is -1.95. The number of fused-ring (bicyclic) bond motifs is 1. The molecule has 0 saturated heterocycles. The molecule has 0 spiro atoms. The minimum atomic E-state index is 0.667. The van der Waals surface area contributed by atoms with Gasteiger partial charge in [-0.1, -0.05) is 51.2 Å². The van der Waals surface area contributed by atoms with Gasteiger partial charge in [-0.25, -0.2) is 0 Å². The zero-order valence-corrected chi connectivity index (χ0v) is 16.4. The van der Waals surface area contributed by atoms with Crippen LogP contribution in [0.1, 0.15) is 61.5 Å². The molecule has 0 bridgehead atoms. The fourth-order valence-electron chi connectivity index (χ4n) is 3.71. The molecule has 3 rings (SSSR count). The molecule has 0 aliphatic rings. The van der Waals surface area contributed by atoms with Gasteiger partial charge in [0, 0.05) is 22.8 Å². The van der Waals surface area contributed by atoms with E-state index in [1.807, 2.05) is 34.9 Å². The lowest BCUT2D eigenvalue weighted by atomic mass is 9.98. The number of aryl methyl sites for hydroxylation is 1. The van der Waals surface area contributed by atoms with Crippen molar-refractivity contribution in [2.24, 2.45) is 0 Å². The van der Waals surface area contributed by atoms with Crippen LogP contribution in [-0.4, -0.2) is 17.8 Å². The summed E-state index contributed by atoms with van der Waals surface area (Å²) in [6.07, 6.45) is 11.7. The number of pyridine rings is 1. The molecular weight excluding hydrogens is 334 g/mol.